The number of imidazole rings is 1. The smallest absolute Gasteiger partial charge is 0.407 e. The van der Waals surface area contributed by atoms with Crippen molar-refractivity contribution in [3.63, 3.8) is 0 Å². The van der Waals surface area contributed by atoms with Crippen molar-refractivity contribution in [3.05, 3.63) is 36.3 Å². The van der Waals surface area contributed by atoms with Crippen LogP contribution in [-0.4, -0.2) is 39.4 Å². The van der Waals surface area contributed by atoms with Crippen molar-refractivity contribution in [1.29, 1.82) is 0 Å². The molecule has 2 atom stereocenters. The first-order valence-electron chi connectivity index (χ1n) is 11.1. The molecule has 2 aromatic rings. The second kappa shape index (κ2) is 9.63. The van der Waals surface area contributed by atoms with Gasteiger partial charge in [0.1, 0.15) is 5.60 Å². The van der Waals surface area contributed by atoms with Gasteiger partial charge in [-0.25, -0.2) is 9.78 Å². The van der Waals surface area contributed by atoms with Crippen LogP contribution in [0.5, 0.6) is 0 Å². The van der Waals surface area contributed by atoms with E-state index in [1.54, 1.807) is 6.33 Å². The van der Waals surface area contributed by atoms with Gasteiger partial charge in [0.15, 0.2) is 0 Å². The summed E-state index contributed by atoms with van der Waals surface area (Å²) >= 11 is 0. The molecule has 8 nitrogen and oxygen atoms in total. The molecular weight excluding hydrogens is 408 g/mol. The van der Waals surface area contributed by atoms with E-state index >= 15 is 0 Å². The highest BCUT2D eigenvalue weighted by molar-refractivity contribution is 5.72. The molecule has 2 N–H and O–H groups in total. The molecule has 0 aliphatic carbocycles. The molecule has 0 bridgehead atoms. The van der Waals surface area contributed by atoms with Crippen molar-refractivity contribution < 1.29 is 19.1 Å². The summed E-state index contributed by atoms with van der Waals surface area (Å²) in [7, 11) is 0. The van der Waals surface area contributed by atoms with Crippen LogP contribution in [0.1, 0.15) is 66.0 Å². The Balaban J connectivity index is 1.73. The number of alkyl carbamates (subject to hydrolysis) is 1. The number of nitrogens with zero attached hydrogens (tertiary/aromatic N) is 2. The molecule has 0 radical (unpaired) electrons. The van der Waals surface area contributed by atoms with Crippen LogP contribution in [0.3, 0.4) is 0 Å². The largest absolute Gasteiger partial charge is 0.460 e. The molecule has 2 heterocycles. The maximum Gasteiger partial charge on any atom is 0.407 e. The minimum absolute atomic E-state index is 0.151. The zero-order valence-corrected chi connectivity index (χ0v) is 19.8. The number of aromatic nitrogens is 2. The Kier molecular flexibility index (Phi) is 7.11. The Morgan fingerprint density at radius 2 is 2.06 bits per heavy atom. The van der Waals surface area contributed by atoms with Gasteiger partial charge >= 0.3 is 12.1 Å². The van der Waals surface area contributed by atoms with Crippen molar-refractivity contribution in [3.8, 4) is 11.3 Å². The molecular formula is C24H34N4O4. The third kappa shape index (κ3) is 6.48. The first kappa shape index (κ1) is 23.6. The quantitative estimate of drug-likeness (QED) is 0.632. The lowest BCUT2D eigenvalue weighted by Crippen LogP contribution is -2.37. The third-order valence-electron chi connectivity index (χ3n) is 4.98. The van der Waals surface area contributed by atoms with Crippen LogP contribution >= 0.6 is 0 Å². The van der Waals surface area contributed by atoms with Gasteiger partial charge in [0.05, 0.1) is 30.6 Å². The molecule has 32 heavy (non-hydrogen) atoms. The molecule has 0 unspecified atom stereocenters. The van der Waals surface area contributed by atoms with Gasteiger partial charge in [-0.05, 0) is 65.7 Å². The summed E-state index contributed by atoms with van der Waals surface area (Å²) in [5.41, 5.74) is 3.26. The van der Waals surface area contributed by atoms with Crippen LogP contribution in [0.2, 0.25) is 0 Å². The number of hydrogen-bond donors (Lipinski definition) is 2. The van der Waals surface area contributed by atoms with Crippen molar-refractivity contribution in [2.75, 3.05) is 5.32 Å². The molecule has 0 saturated heterocycles. The van der Waals surface area contributed by atoms with Crippen LogP contribution < -0.4 is 10.6 Å². The van der Waals surface area contributed by atoms with E-state index in [2.05, 4.69) is 28.6 Å². The Bertz CT molecular complexity index is 961. The first-order chi connectivity index (χ1) is 15.0. The summed E-state index contributed by atoms with van der Waals surface area (Å²) in [6, 6.07) is 6.15. The second-order valence-corrected chi connectivity index (χ2v) is 9.57. The number of rotatable bonds is 6. The highest BCUT2D eigenvalue weighted by Gasteiger charge is 2.27. The fourth-order valence-electron chi connectivity index (χ4n) is 3.72. The molecule has 1 aliphatic rings. The highest BCUT2D eigenvalue weighted by atomic mass is 16.6. The number of fused-ring (bicyclic) bond motifs is 1. The fourth-order valence-corrected chi connectivity index (χ4v) is 3.72. The van der Waals surface area contributed by atoms with E-state index in [0.717, 1.165) is 28.9 Å². The first-order valence-corrected chi connectivity index (χ1v) is 11.1. The van der Waals surface area contributed by atoms with Gasteiger partial charge in [-0.3, -0.25) is 4.79 Å². The monoisotopic (exact) mass is 442 g/mol. The van der Waals surface area contributed by atoms with Gasteiger partial charge in [-0.15, -0.1) is 0 Å². The van der Waals surface area contributed by atoms with Gasteiger partial charge < -0.3 is 24.7 Å². The number of amides is 1. The summed E-state index contributed by atoms with van der Waals surface area (Å²) in [5.74, 6) is -0.232. The van der Waals surface area contributed by atoms with Gasteiger partial charge in [-0.1, -0.05) is 6.07 Å². The highest BCUT2D eigenvalue weighted by Crippen LogP contribution is 2.35. The van der Waals surface area contributed by atoms with E-state index in [-0.39, 0.29) is 30.6 Å². The lowest BCUT2D eigenvalue weighted by molar-refractivity contribution is -0.155. The fraction of sp³-hybridized carbons (Fsp3) is 0.542. The van der Waals surface area contributed by atoms with Crippen molar-refractivity contribution >= 4 is 17.7 Å². The van der Waals surface area contributed by atoms with E-state index in [0.29, 0.717) is 6.54 Å². The molecule has 3 rings (SSSR count). The summed E-state index contributed by atoms with van der Waals surface area (Å²) in [6.45, 7) is 11.8. The average Bonchev–Trinajstić information content (AvgIpc) is 3.13. The zero-order valence-electron chi connectivity index (χ0n) is 19.8. The number of esters is 1. The Morgan fingerprint density at radius 1 is 1.31 bits per heavy atom. The standard InChI is InChI=1S/C24H34N4O4/c1-15(2)31-23(30)27-20-11-16(3)26-19-8-7-17(12-18(19)20)21-13-28(14-25-21)10-9-22(29)32-24(4,5)6/h7-8,12-16,20,26H,9-11H2,1-6H3,(H,27,30)/t16-,20+/m1/s1. The summed E-state index contributed by atoms with van der Waals surface area (Å²) in [4.78, 5) is 28.7. The predicted octanol–water partition coefficient (Wildman–Crippen LogP) is 4.66. The van der Waals surface area contributed by atoms with Crippen LogP contribution in [0.4, 0.5) is 10.5 Å². The molecule has 0 fully saturated rings. The molecule has 1 aliphatic heterocycles. The van der Waals surface area contributed by atoms with Crippen molar-refractivity contribution in [2.45, 2.75) is 84.7 Å². The maximum atomic E-state index is 12.2. The number of carbonyl (C=O) groups excluding carboxylic acids is 2. The van der Waals surface area contributed by atoms with Crippen LogP contribution in [0.25, 0.3) is 11.3 Å². The number of ether oxygens (including phenoxy) is 2. The Labute approximate surface area is 189 Å². The SMILES string of the molecule is CC(C)OC(=O)N[C@H]1C[C@@H](C)Nc2ccc(-c3cn(CCC(=O)OC(C)(C)C)cn3)cc21. The lowest BCUT2D eigenvalue weighted by Gasteiger charge is -2.32. The van der Waals surface area contributed by atoms with E-state index in [1.807, 2.05) is 57.5 Å². The van der Waals surface area contributed by atoms with Gasteiger partial charge in [0.2, 0.25) is 0 Å². The summed E-state index contributed by atoms with van der Waals surface area (Å²) in [6.07, 6.45) is 4.08. The number of anilines is 1. The lowest BCUT2D eigenvalue weighted by atomic mass is 9.92. The molecule has 1 aromatic heterocycles. The summed E-state index contributed by atoms with van der Waals surface area (Å²) in [5, 5.41) is 6.46. The second-order valence-electron chi connectivity index (χ2n) is 9.57. The zero-order chi connectivity index (χ0) is 23.5. The molecule has 8 heteroatoms. The van der Waals surface area contributed by atoms with Crippen LogP contribution in [0, 0.1) is 0 Å². The van der Waals surface area contributed by atoms with E-state index in [4.69, 9.17) is 9.47 Å². The summed E-state index contributed by atoms with van der Waals surface area (Å²) < 4.78 is 12.5. The van der Waals surface area contributed by atoms with E-state index in [1.165, 1.54) is 0 Å². The number of carbonyl (C=O) groups is 2. The Morgan fingerprint density at radius 3 is 2.75 bits per heavy atom. The van der Waals surface area contributed by atoms with Crippen molar-refractivity contribution in [1.82, 2.24) is 14.9 Å². The molecule has 1 amide bonds. The van der Waals surface area contributed by atoms with Gasteiger partial charge in [-0.2, -0.15) is 0 Å². The number of aryl methyl sites for hydroxylation is 1. The van der Waals surface area contributed by atoms with Crippen molar-refractivity contribution in [2.24, 2.45) is 0 Å². The van der Waals surface area contributed by atoms with E-state index < -0.39 is 11.7 Å². The van der Waals surface area contributed by atoms with Crippen LogP contribution in [-0.2, 0) is 20.8 Å². The topological polar surface area (TPSA) is 94.5 Å². The Hall–Kier alpha value is -3.03. The number of benzene rings is 1. The van der Waals surface area contributed by atoms with Crippen LogP contribution in [0.15, 0.2) is 30.7 Å². The third-order valence-corrected chi connectivity index (χ3v) is 4.98. The normalized spacial score (nSPS) is 18.0. The van der Waals surface area contributed by atoms with Gasteiger partial charge in [0, 0.05) is 30.0 Å². The molecule has 174 valence electrons. The molecule has 0 spiro atoms. The maximum absolute atomic E-state index is 12.2. The van der Waals surface area contributed by atoms with E-state index in [9.17, 15) is 9.59 Å². The number of hydrogen-bond acceptors (Lipinski definition) is 6. The minimum atomic E-state index is -0.488. The molecule has 1 aromatic carbocycles. The van der Waals surface area contributed by atoms with Gasteiger partial charge in [0.25, 0.3) is 0 Å². The average molecular weight is 443 g/mol. The minimum Gasteiger partial charge on any atom is -0.460 e. The number of nitrogens with one attached hydrogen (secondary N) is 2. The molecule has 0 saturated carbocycles. The predicted molar refractivity (Wildman–Crippen MR) is 123 cm³/mol.